The van der Waals surface area contributed by atoms with E-state index < -0.39 is 0 Å². The molecule has 4 nitrogen and oxygen atoms in total. The van der Waals surface area contributed by atoms with Crippen LogP contribution >= 0.6 is 0 Å². The molecule has 0 saturated carbocycles. The van der Waals surface area contributed by atoms with Crippen molar-refractivity contribution in [3.63, 3.8) is 0 Å². The van der Waals surface area contributed by atoms with E-state index in [0.717, 1.165) is 17.9 Å². The van der Waals surface area contributed by atoms with Gasteiger partial charge in [0.15, 0.2) is 0 Å². The van der Waals surface area contributed by atoms with Gasteiger partial charge in [-0.05, 0) is 31.4 Å². The normalized spacial score (nSPS) is 12.3. The molecular weight excluding hydrogens is 226 g/mol. The molecule has 1 aromatic heterocycles. The fourth-order valence-electron chi connectivity index (χ4n) is 1.49. The van der Waals surface area contributed by atoms with Crippen LogP contribution in [-0.2, 0) is 4.79 Å². The molecule has 0 bridgehead atoms. The molecule has 1 rings (SSSR count). The number of nitrogens with zero attached hydrogens (tertiary/aromatic N) is 1. The number of pyridine rings is 1. The maximum atomic E-state index is 11.6. The van der Waals surface area contributed by atoms with E-state index in [9.17, 15) is 4.79 Å². The summed E-state index contributed by atoms with van der Waals surface area (Å²) in [5.74, 6) is 1.24. The van der Waals surface area contributed by atoms with Crippen LogP contribution in [0.3, 0.4) is 0 Å². The lowest BCUT2D eigenvalue weighted by Crippen LogP contribution is -2.16. The Labute approximate surface area is 109 Å². The molecule has 1 heterocycles. The fourth-order valence-corrected chi connectivity index (χ4v) is 1.49. The number of hydrogen-bond acceptors (Lipinski definition) is 3. The Hall–Kier alpha value is -1.58. The first kappa shape index (κ1) is 14.5. The summed E-state index contributed by atoms with van der Waals surface area (Å²) in [7, 11) is 0. The van der Waals surface area contributed by atoms with Crippen LogP contribution in [0.4, 0.5) is 11.5 Å². The third kappa shape index (κ3) is 5.17. The smallest absolute Gasteiger partial charge is 0.224 e. The summed E-state index contributed by atoms with van der Waals surface area (Å²) < 4.78 is 0. The third-order valence-corrected chi connectivity index (χ3v) is 2.65. The van der Waals surface area contributed by atoms with Crippen molar-refractivity contribution in [3.05, 3.63) is 18.3 Å². The molecule has 0 saturated heterocycles. The lowest BCUT2D eigenvalue weighted by molar-refractivity contribution is -0.116. The number of anilines is 2. The highest BCUT2D eigenvalue weighted by atomic mass is 16.1. The van der Waals surface area contributed by atoms with Gasteiger partial charge in [0, 0.05) is 12.5 Å². The zero-order valence-corrected chi connectivity index (χ0v) is 11.7. The third-order valence-electron chi connectivity index (χ3n) is 2.65. The van der Waals surface area contributed by atoms with Gasteiger partial charge in [-0.15, -0.1) is 0 Å². The van der Waals surface area contributed by atoms with Crippen molar-refractivity contribution in [1.82, 2.24) is 4.98 Å². The Morgan fingerprint density at radius 1 is 1.33 bits per heavy atom. The second-order valence-electron chi connectivity index (χ2n) is 5.03. The number of aromatic nitrogens is 1. The van der Waals surface area contributed by atoms with E-state index in [4.69, 9.17) is 0 Å². The molecule has 0 aromatic carbocycles. The van der Waals surface area contributed by atoms with Crippen LogP contribution in [0.5, 0.6) is 0 Å². The highest BCUT2D eigenvalue weighted by Gasteiger charge is 2.06. The first-order chi connectivity index (χ1) is 8.51. The van der Waals surface area contributed by atoms with Crippen molar-refractivity contribution in [3.8, 4) is 0 Å². The summed E-state index contributed by atoms with van der Waals surface area (Å²) in [5.41, 5.74) is 0.746. The summed E-state index contributed by atoms with van der Waals surface area (Å²) in [4.78, 5) is 15.9. The molecule has 0 fully saturated rings. The molecule has 1 atom stereocenters. The standard InChI is InChI=1S/C14H23N3O/c1-5-11(4)16-13-7-6-12(9-15-13)17-14(18)8-10(2)3/h6-7,9-11H,5,8H2,1-4H3,(H,15,16)(H,17,18). The van der Waals surface area contributed by atoms with Crippen LogP contribution < -0.4 is 10.6 Å². The van der Waals surface area contributed by atoms with E-state index in [2.05, 4.69) is 29.5 Å². The molecule has 4 heteroatoms. The predicted molar refractivity (Wildman–Crippen MR) is 75.7 cm³/mol. The summed E-state index contributed by atoms with van der Waals surface area (Å²) in [5, 5.41) is 6.12. The number of hydrogen-bond donors (Lipinski definition) is 2. The molecule has 0 aliphatic rings. The fraction of sp³-hybridized carbons (Fsp3) is 0.571. The van der Waals surface area contributed by atoms with Gasteiger partial charge in [-0.25, -0.2) is 4.98 Å². The van der Waals surface area contributed by atoms with Crippen molar-refractivity contribution in [1.29, 1.82) is 0 Å². The van der Waals surface area contributed by atoms with E-state index in [1.54, 1.807) is 6.20 Å². The van der Waals surface area contributed by atoms with Gasteiger partial charge in [-0.3, -0.25) is 4.79 Å². The Morgan fingerprint density at radius 3 is 2.56 bits per heavy atom. The van der Waals surface area contributed by atoms with Crippen molar-refractivity contribution in [2.75, 3.05) is 10.6 Å². The van der Waals surface area contributed by atoms with Crippen LogP contribution in [0.15, 0.2) is 18.3 Å². The molecule has 1 unspecified atom stereocenters. The highest BCUT2D eigenvalue weighted by Crippen LogP contribution is 2.12. The quantitative estimate of drug-likeness (QED) is 0.813. The van der Waals surface area contributed by atoms with Crippen LogP contribution in [0.25, 0.3) is 0 Å². The topological polar surface area (TPSA) is 54.0 Å². The molecule has 100 valence electrons. The van der Waals surface area contributed by atoms with E-state index in [-0.39, 0.29) is 5.91 Å². The van der Waals surface area contributed by atoms with Gasteiger partial charge in [-0.2, -0.15) is 0 Å². The molecule has 0 aliphatic heterocycles. The molecule has 1 aromatic rings. The zero-order valence-electron chi connectivity index (χ0n) is 11.7. The predicted octanol–water partition coefficient (Wildman–Crippen LogP) is 3.28. The van der Waals surface area contributed by atoms with E-state index in [0.29, 0.717) is 18.4 Å². The van der Waals surface area contributed by atoms with Gasteiger partial charge in [0.05, 0.1) is 11.9 Å². The molecule has 1 amide bonds. The van der Waals surface area contributed by atoms with E-state index in [1.165, 1.54) is 0 Å². The average molecular weight is 249 g/mol. The summed E-state index contributed by atoms with van der Waals surface area (Å²) in [6.45, 7) is 8.28. The number of nitrogens with one attached hydrogen (secondary N) is 2. The van der Waals surface area contributed by atoms with Crippen molar-refractivity contribution >= 4 is 17.4 Å². The molecule has 18 heavy (non-hydrogen) atoms. The maximum absolute atomic E-state index is 11.6. The van der Waals surface area contributed by atoms with E-state index >= 15 is 0 Å². The minimum Gasteiger partial charge on any atom is -0.368 e. The van der Waals surface area contributed by atoms with Crippen molar-refractivity contribution in [2.45, 2.75) is 46.6 Å². The average Bonchev–Trinajstić information content (AvgIpc) is 2.30. The van der Waals surface area contributed by atoms with Gasteiger partial charge in [0.1, 0.15) is 5.82 Å². The lowest BCUT2D eigenvalue weighted by Gasteiger charge is -2.12. The minimum absolute atomic E-state index is 0.0365. The number of amides is 1. The first-order valence-electron chi connectivity index (χ1n) is 6.53. The summed E-state index contributed by atoms with van der Waals surface area (Å²) in [6.07, 6.45) is 3.27. The van der Waals surface area contributed by atoms with Gasteiger partial charge >= 0.3 is 0 Å². The number of carbonyl (C=O) groups excluding carboxylic acids is 1. The van der Waals surface area contributed by atoms with Gasteiger partial charge < -0.3 is 10.6 Å². The van der Waals surface area contributed by atoms with E-state index in [1.807, 2.05) is 26.0 Å². The van der Waals surface area contributed by atoms with Crippen LogP contribution in [0.1, 0.15) is 40.5 Å². The second kappa shape index (κ2) is 6.99. The SMILES string of the molecule is CCC(C)Nc1ccc(NC(=O)CC(C)C)cn1. The van der Waals surface area contributed by atoms with Gasteiger partial charge in [-0.1, -0.05) is 20.8 Å². The Bertz CT molecular complexity index is 373. The summed E-state index contributed by atoms with van der Waals surface area (Å²) >= 11 is 0. The first-order valence-corrected chi connectivity index (χ1v) is 6.53. The largest absolute Gasteiger partial charge is 0.368 e. The number of rotatable bonds is 6. The molecule has 0 radical (unpaired) electrons. The second-order valence-corrected chi connectivity index (χ2v) is 5.03. The van der Waals surface area contributed by atoms with Gasteiger partial charge in [0.2, 0.25) is 5.91 Å². The monoisotopic (exact) mass is 249 g/mol. The molecule has 0 aliphatic carbocycles. The van der Waals surface area contributed by atoms with Crippen molar-refractivity contribution in [2.24, 2.45) is 5.92 Å². The lowest BCUT2D eigenvalue weighted by atomic mass is 10.1. The number of carbonyl (C=O) groups is 1. The Morgan fingerprint density at radius 2 is 2.06 bits per heavy atom. The molecule has 2 N–H and O–H groups in total. The van der Waals surface area contributed by atoms with Crippen LogP contribution in [0.2, 0.25) is 0 Å². The van der Waals surface area contributed by atoms with Crippen LogP contribution in [0, 0.1) is 5.92 Å². The Balaban J connectivity index is 2.52. The minimum atomic E-state index is 0.0365. The Kier molecular flexibility index (Phi) is 5.62. The molecule has 0 spiro atoms. The van der Waals surface area contributed by atoms with Gasteiger partial charge in [0.25, 0.3) is 0 Å². The summed E-state index contributed by atoms with van der Waals surface area (Å²) in [6, 6.07) is 4.16. The molecular formula is C14H23N3O. The maximum Gasteiger partial charge on any atom is 0.224 e. The zero-order chi connectivity index (χ0) is 13.5. The highest BCUT2D eigenvalue weighted by molar-refractivity contribution is 5.90. The van der Waals surface area contributed by atoms with Crippen LogP contribution in [-0.4, -0.2) is 16.9 Å². The van der Waals surface area contributed by atoms with Crippen molar-refractivity contribution < 1.29 is 4.79 Å².